The highest BCUT2D eigenvalue weighted by atomic mass is 16.6. The zero-order chi connectivity index (χ0) is 24.5. The van der Waals surface area contributed by atoms with Gasteiger partial charge in [-0.25, -0.2) is 14.4 Å². The lowest BCUT2D eigenvalue weighted by atomic mass is 10.1. The van der Waals surface area contributed by atoms with Crippen molar-refractivity contribution in [1.29, 1.82) is 0 Å². The highest BCUT2D eigenvalue weighted by Crippen LogP contribution is 2.18. The molecule has 0 spiro atoms. The highest BCUT2D eigenvalue weighted by molar-refractivity contribution is 6.00. The van der Waals surface area contributed by atoms with Crippen molar-refractivity contribution in [3.05, 3.63) is 83.3 Å². The molecule has 2 aromatic carbocycles. The number of anilines is 1. The lowest BCUT2D eigenvalue weighted by molar-refractivity contribution is -0.119. The summed E-state index contributed by atoms with van der Waals surface area (Å²) >= 11 is 0. The predicted molar refractivity (Wildman–Crippen MR) is 118 cm³/mol. The summed E-state index contributed by atoms with van der Waals surface area (Å²) in [5.74, 6) is -2.03. The number of hydrogen-bond acceptors (Lipinski definition) is 9. The molecule has 0 unspecified atom stereocenters. The molecule has 1 N–H and O–H groups in total. The molecule has 0 aliphatic rings. The zero-order valence-electron chi connectivity index (χ0n) is 18.4. The lowest BCUT2D eigenvalue weighted by Crippen LogP contribution is -2.21. The normalized spacial score (nSPS) is 10.2. The summed E-state index contributed by atoms with van der Waals surface area (Å²) in [6, 6.07) is 15.9. The second-order valence-corrected chi connectivity index (χ2v) is 6.77. The molecule has 0 saturated heterocycles. The number of esters is 3. The second-order valence-electron chi connectivity index (χ2n) is 6.77. The van der Waals surface area contributed by atoms with Gasteiger partial charge < -0.3 is 28.7 Å². The molecule has 10 nitrogen and oxygen atoms in total. The van der Waals surface area contributed by atoms with E-state index >= 15 is 0 Å². The van der Waals surface area contributed by atoms with Crippen LogP contribution in [-0.2, 0) is 25.6 Å². The molecule has 10 heteroatoms. The van der Waals surface area contributed by atoms with E-state index in [-0.39, 0.29) is 29.2 Å². The van der Waals surface area contributed by atoms with Gasteiger partial charge in [-0.1, -0.05) is 18.2 Å². The minimum Gasteiger partial charge on any atom is -0.486 e. The topological polar surface area (TPSA) is 130 Å². The predicted octanol–water partition coefficient (Wildman–Crippen LogP) is 3.23. The lowest BCUT2D eigenvalue weighted by Gasteiger charge is -2.09. The Bertz CT molecular complexity index is 1150. The molecule has 0 fully saturated rings. The summed E-state index contributed by atoms with van der Waals surface area (Å²) < 4.78 is 25.2. The van der Waals surface area contributed by atoms with E-state index in [9.17, 15) is 19.2 Å². The molecular weight excluding hydrogens is 446 g/mol. The smallest absolute Gasteiger partial charge is 0.374 e. The molecule has 0 atom stereocenters. The van der Waals surface area contributed by atoms with Gasteiger partial charge >= 0.3 is 17.9 Å². The van der Waals surface area contributed by atoms with Gasteiger partial charge in [0, 0.05) is 5.69 Å². The van der Waals surface area contributed by atoms with Crippen molar-refractivity contribution in [1.82, 2.24) is 0 Å². The first kappa shape index (κ1) is 24.1. The first-order valence-corrected chi connectivity index (χ1v) is 9.95. The Labute approximate surface area is 194 Å². The summed E-state index contributed by atoms with van der Waals surface area (Å²) in [6.07, 6.45) is 0. The summed E-state index contributed by atoms with van der Waals surface area (Å²) in [7, 11) is 2.36. The van der Waals surface area contributed by atoms with Gasteiger partial charge in [0.05, 0.1) is 25.3 Å². The van der Waals surface area contributed by atoms with Gasteiger partial charge in [0.25, 0.3) is 5.91 Å². The summed E-state index contributed by atoms with van der Waals surface area (Å²) in [5, 5.41) is 2.45. The fraction of sp³-hybridized carbons (Fsp3) is 0.167. The fourth-order valence-corrected chi connectivity index (χ4v) is 2.81. The maximum absolute atomic E-state index is 12.2. The van der Waals surface area contributed by atoms with Gasteiger partial charge in [0.15, 0.2) is 6.61 Å². The standard InChI is InChI=1S/C24H21NO9/c1-30-22(27)15-10-16(23(28)31-2)12-17(11-15)25-21(26)14-33-24(29)20-9-8-19(34-20)13-32-18-6-4-3-5-7-18/h3-12H,13-14H2,1-2H3,(H,25,26). The first-order valence-electron chi connectivity index (χ1n) is 9.95. The summed E-state index contributed by atoms with van der Waals surface area (Å²) in [5.41, 5.74) is 0.166. The van der Waals surface area contributed by atoms with E-state index in [1.165, 1.54) is 38.5 Å². The van der Waals surface area contributed by atoms with Crippen LogP contribution in [0.2, 0.25) is 0 Å². The fourth-order valence-electron chi connectivity index (χ4n) is 2.81. The van der Waals surface area contributed by atoms with E-state index in [1.54, 1.807) is 18.2 Å². The third kappa shape index (κ3) is 6.45. The summed E-state index contributed by atoms with van der Waals surface area (Å²) in [4.78, 5) is 48.1. The Morgan fingerprint density at radius 1 is 0.824 bits per heavy atom. The number of ether oxygens (including phenoxy) is 4. The quantitative estimate of drug-likeness (QED) is 0.372. The number of para-hydroxylation sites is 1. The van der Waals surface area contributed by atoms with Gasteiger partial charge in [-0.2, -0.15) is 0 Å². The van der Waals surface area contributed by atoms with Crippen LogP contribution in [-0.4, -0.2) is 44.6 Å². The molecule has 0 bridgehead atoms. The number of amides is 1. The number of carbonyl (C=O) groups is 4. The molecule has 0 aliphatic heterocycles. The molecule has 0 radical (unpaired) electrons. The second kappa shape index (κ2) is 11.3. The van der Waals surface area contributed by atoms with Gasteiger partial charge in [-0.15, -0.1) is 0 Å². The Kier molecular flexibility index (Phi) is 8.01. The molecule has 34 heavy (non-hydrogen) atoms. The van der Waals surface area contributed by atoms with Crippen LogP contribution >= 0.6 is 0 Å². The van der Waals surface area contributed by atoms with Crippen LogP contribution < -0.4 is 10.1 Å². The molecule has 3 rings (SSSR count). The average Bonchev–Trinajstić information content (AvgIpc) is 3.34. The SMILES string of the molecule is COC(=O)c1cc(NC(=O)COC(=O)c2ccc(COc3ccccc3)o2)cc(C(=O)OC)c1. The molecular formula is C24H21NO9. The van der Waals surface area contributed by atoms with Crippen molar-refractivity contribution in [3.63, 3.8) is 0 Å². The van der Waals surface area contributed by atoms with Crippen molar-refractivity contribution in [2.45, 2.75) is 6.61 Å². The molecule has 1 heterocycles. The minimum atomic E-state index is -0.848. The number of rotatable bonds is 9. The van der Waals surface area contributed by atoms with E-state index < -0.39 is 30.4 Å². The molecule has 3 aromatic rings. The van der Waals surface area contributed by atoms with E-state index in [0.717, 1.165) is 0 Å². The third-order valence-electron chi connectivity index (χ3n) is 4.38. The van der Waals surface area contributed by atoms with Crippen LogP contribution in [0.4, 0.5) is 5.69 Å². The number of benzene rings is 2. The number of carbonyl (C=O) groups excluding carboxylic acids is 4. The molecule has 1 amide bonds. The minimum absolute atomic E-state index is 0.0264. The Morgan fingerprint density at radius 2 is 1.47 bits per heavy atom. The van der Waals surface area contributed by atoms with Crippen LogP contribution in [0, 0.1) is 0 Å². The maximum Gasteiger partial charge on any atom is 0.374 e. The Hall–Kier alpha value is -4.60. The van der Waals surface area contributed by atoms with Crippen LogP contribution in [0.25, 0.3) is 0 Å². The number of nitrogens with one attached hydrogen (secondary N) is 1. The van der Waals surface area contributed by atoms with E-state index in [1.807, 2.05) is 18.2 Å². The number of methoxy groups -OCH3 is 2. The monoisotopic (exact) mass is 467 g/mol. The van der Waals surface area contributed by atoms with Gasteiger partial charge in [0.1, 0.15) is 18.1 Å². The van der Waals surface area contributed by atoms with Crippen LogP contribution in [0.5, 0.6) is 5.75 Å². The molecule has 176 valence electrons. The van der Waals surface area contributed by atoms with Crippen molar-refractivity contribution in [3.8, 4) is 5.75 Å². The van der Waals surface area contributed by atoms with Crippen molar-refractivity contribution < 1.29 is 42.5 Å². The number of furan rings is 1. The largest absolute Gasteiger partial charge is 0.486 e. The highest BCUT2D eigenvalue weighted by Gasteiger charge is 2.17. The Morgan fingerprint density at radius 3 is 2.09 bits per heavy atom. The maximum atomic E-state index is 12.2. The zero-order valence-corrected chi connectivity index (χ0v) is 18.4. The van der Waals surface area contributed by atoms with E-state index in [0.29, 0.717) is 11.5 Å². The van der Waals surface area contributed by atoms with Gasteiger partial charge in [0.2, 0.25) is 5.76 Å². The van der Waals surface area contributed by atoms with E-state index in [2.05, 4.69) is 14.8 Å². The average molecular weight is 467 g/mol. The van der Waals surface area contributed by atoms with Crippen molar-refractivity contribution in [2.24, 2.45) is 0 Å². The molecule has 1 aromatic heterocycles. The summed E-state index contributed by atoms with van der Waals surface area (Å²) in [6.45, 7) is -0.526. The van der Waals surface area contributed by atoms with Crippen molar-refractivity contribution in [2.75, 3.05) is 26.1 Å². The third-order valence-corrected chi connectivity index (χ3v) is 4.38. The van der Waals surface area contributed by atoms with E-state index in [4.69, 9.17) is 13.9 Å². The van der Waals surface area contributed by atoms with Crippen LogP contribution in [0.15, 0.2) is 65.1 Å². The first-order chi connectivity index (χ1) is 16.4. The Balaban J connectivity index is 1.56. The van der Waals surface area contributed by atoms with Crippen LogP contribution in [0.3, 0.4) is 0 Å². The van der Waals surface area contributed by atoms with Crippen LogP contribution in [0.1, 0.15) is 37.0 Å². The number of hydrogen-bond donors (Lipinski definition) is 1. The van der Waals surface area contributed by atoms with Gasteiger partial charge in [-0.3, -0.25) is 4.79 Å². The molecule has 0 saturated carbocycles. The van der Waals surface area contributed by atoms with Gasteiger partial charge in [-0.05, 0) is 42.5 Å². The van der Waals surface area contributed by atoms with Crippen molar-refractivity contribution >= 4 is 29.5 Å². The molecule has 0 aliphatic carbocycles.